The minimum Gasteiger partial charge on any atom is -0.396 e. The lowest BCUT2D eigenvalue weighted by Crippen LogP contribution is -2.24. The van der Waals surface area contributed by atoms with Crippen LogP contribution in [0.5, 0.6) is 0 Å². The Morgan fingerprint density at radius 1 is 1.71 bits per heavy atom. The van der Waals surface area contributed by atoms with E-state index in [2.05, 4.69) is 10.3 Å². The lowest BCUT2D eigenvalue weighted by atomic mass is 10.3. The summed E-state index contributed by atoms with van der Waals surface area (Å²) in [6.07, 6.45) is 1.09. The molecule has 1 atom stereocenters. The fourth-order valence-electron chi connectivity index (χ4n) is 1.03. The number of nitrogens with zero attached hydrogens (tertiary/aromatic N) is 1. The van der Waals surface area contributed by atoms with E-state index in [1.165, 1.54) is 0 Å². The van der Waals surface area contributed by atoms with Gasteiger partial charge in [0.1, 0.15) is 5.82 Å². The van der Waals surface area contributed by atoms with Gasteiger partial charge in [-0.3, -0.25) is 0 Å². The van der Waals surface area contributed by atoms with Crippen LogP contribution in [0.4, 0.5) is 11.5 Å². The normalized spacial score (nSPS) is 12.4. The van der Waals surface area contributed by atoms with Gasteiger partial charge in [-0.2, -0.15) is 0 Å². The van der Waals surface area contributed by atoms with Crippen molar-refractivity contribution in [3.05, 3.63) is 18.3 Å². The standard InChI is InChI=1S/C9H15N3O2/c1-14-6-7(13)5-12-9-8(10)3-2-4-11-9/h2-4,7,13H,5-6,10H2,1H3,(H,11,12). The number of nitrogens with one attached hydrogen (secondary N) is 1. The van der Waals surface area contributed by atoms with Crippen LogP contribution in [0.2, 0.25) is 0 Å². The summed E-state index contributed by atoms with van der Waals surface area (Å²) in [5.41, 5.74) is 6.21. The summed E-state index contributed by atoms with van der Waals surface area (Å²) in [5.74, 6) is 0.586. The van der Waals surface area contributed by atoms with E-state index in [1.54, 1.807) is 25.4 Å². The maximum Gasteiger partial charge on any atom is 0.149 e. The Kier molecular flexibility index (Phi) is 4.15. The summed E-state index contributed by atoms with van der Waals surface area (Å²) in [7, 11) is 1.54. The summed E-state index contributed by atoms with van der Waals surface area (Å²) in [6.45, 7) is 0.661. The van der Waals surface area contributed by atoms with Crippen molar-refractivity contribution in [2.75, 3.05) is 31.3 Å². The molecule has 0 aromatic carbocycles. The van der Waals surface area contributed by atoms with Crippen LogP contribution in [-0.2, 0) is 4.74 Å². The van der Waals surface area contributed by atoms with Crippen molar-refractivity contribution in [1.29, 1.82) is 0 Å². The molecule has 4 N–H and O–H groups in total. The molecule has 0 saturated heterocycles. The molecular weight excluding hydrogens is 182 g/mol. The van der Waals surface area contributed by atoms with E-state index in [4.69, 9.17) is 10.5 Å². The van der Waals surface area contributed by atoms with Gasteiger partial charge < -0.3 is 20.9 Å². The molecule has 0 spiro atoms. The smallest absolute Gasteiger partial charge is 0.149 e. The van der Waals surface area contributed by atoms with Crippen LogP contribution in [0.25, 0.3) is 0 Å². The van der Waals surface area contributed by atoms with Gasteiger partial charge in [0.2, 0.25) is 0 Å². The van der Waals surface area contributed by atoms with E-state index >= 15 is 0 Å². The lowest BCUT2D eigenvalue weighted by Gasteiger charge is -2.12. The van der Waals surface area contributed by atoms with Gasteiger partial charge in [0.15, 0.2) is 0 Å². The van der Waals surface area contributed by atoms with Gasteiger partial charge in [0, 0.05) is 19.9 Å². The average Bonchev–Trinajstić information content (AvgIpc) is 2.17. The van der Waals surface area contributed by atoms with Crippen molar-refractivity contribution in [2.45, 2.75) is 6.10 Å². The number of hydrogen-bond acceptors (Lipinski definition) is 5. The highest BCUT2D eigenvalue weighted by Gasteiger charge is 2.04. The topological polar surface area (TPSA) is 80.4 Å². The number of aliphatic hydroxyl groups excluding tert-OH is 1. The molecule has 1 heterocycles. The Bertz CT molecular complexity index is 281. The highest BCUT2D eigenvalue weighted by Crippen LogP contribution is 2.12. The fourth-order valence-corrected chi connectivity index (χ4v) is 1.03. The highest BCUT2D eigenvalue weighted by atomic mass is 16.5. The van der Waals surface area contributed by atoms with Crippen molar-refractivity contribution < 1.29 is 9.84 Å². The Morgan fingerprint density at radius 3 is 3.14 bits per heavy atom. The molecule has 0 bridgehead atoms. The van der Waals surface area contributed by atoms with Crippen LogP contribution in [0.3, 0.4) is 0 Å². The van der Waals surface area contributed by atoms with Crippen LogP contribution < -0.4 is 11.1 Å². The molecule has 0 aliphatic rings. The molecule has 0 aliphatic carbocycles. The maximum atomic E-state index is 9.35. The molecular formula is C9H15N3O2. The van der Waals surface area contributed by atoms with Crippen molar-refractivity contribution >= 4 is 11.5 Å². The van der Waals surface area contributed by atoms with Crippen LogP contribution >= 0.6 is 0 Å². The second-order valence-corrected chi connectivity index (χ2v) is 2.93. The molecule has 0 aliphatic heterocycles. The molecule has 0 radical (unpaired) electrons. The van der Waals surface area contributed by atoms with Crippen molar-refractivity contribution in [3.8, 4) is 0 Å². The highest BCUT2D eigenvalue weighted by molar-refractivity contribution is 5.60. The third kappa shape index (κ3) is 3.20. The summed E-state index contributed by atoms with van der Waals surface area (Å²) >= 11 is 0. The molecule has 0 amide bonds. The van der Waals surface area contributed by atoms with Crippen LogP contribution in [0.1, 0.15) is 0 Å². The zero-order valence-corrected chi connectivity index (χ0v) is 8.10. The van der Waals surface area contributed by atoms with Crippen molar-refractivity contribution in [1.82, 2.24) is 4.98 Å². The Labute approximate surface area is 82.9 Å². The minimum atomic E-state index is -0.554. The molecule has 1 aromatic rings. The largest absolute Gasteiger partial charge is 0.396 e. The zero-order valence-electron chi connectivity index (χ0n) is 8.10. The van der Waals surface area contributed by atoms with Gasteiger partial charge in [-0.15, -0.1) is 0 Å². The fraction of sp³-hybridized carbons (Fsp3) is 0.444. The molecule has 1 unspecified atom stereocenters. The zero-order chi connectivity index (χ0) is 10.4. The number of nitrogens with two attached hydrogens (primary N) is 1. The average molecular weight is 197 g/mol. The molecule has 0 fully saturated rings. The van der Waals surface area contributed by atoms with Gasteiger partial charge in [-0.25, -0.2) is 4.98 Å². The first kappa shape index (κ1) is 10.7. The molecule has 78 valence electrons. The van der Waals surface area contributed by atoms with Crippen LogP contribution in [-0.4, -0.2) is 36.5 Å². The number of rotatable bonds is 5. The second kappa shape index (κ2) is 5.41. The molecule has 14 heavy (non-hydrogen) atoms. The quantitative estimate of drug-likeness (QED) is 0.623. The third-order valence-electron chi connectivity index (χ3n) is 1.70. The van der Waals surface area contributed by atoms with E-state index in [9.17, 15) is 5.11 Å². The van der Waals surface area contributed by atoms with Gasteiger partial charge in [-0.1, -0.05) is 0 Å². The molecule has 0 saturated carbocycles. The van der Waals surface area contributed by atoms with Gasteiger partial charge in [0.25, 0.3) is 0 Å². The van der Waals surface area contributed by atoms with Gasteiger partial charge in [0.05, 0.1) is 18.4 Å². The first-order valence-electron chi connectivity index (χ1n) is 4.35. The van der Waals surface area contributed by atoms with E-state index in [1.807, 2.05) is 0 Å². The second-order valence-electron chi connectivity index (χ2n) is 2.93. The number of anilines is 2. The lowest BCUT2D eigenvalue weighted by molar-refractivity contribution is 0.0727. The summed E-state index contributed by atoms with van der Waals surface area (Å²) < 4.78 is 4.78. The molecule has 1 aromatic heterocycles. The Hall–Kier alpha value is -1.33. The number of ether oxygens (including phenoxy) is 1. The van der Waals surface area contributed by atoms with Crippen molar-refractivity contribution in [2.24, 2.45) is 0 Å². The molecule has 5 heteroatoms. The maximum absolute atomic E-state index is 9.35. The Balaban J connectivity index is 2.41. The molecule has 1 rings (SSSR count). The Morgan fingerprint density at radius 2 is 2.50 bits per heavy atom. The van der Waals surface area contributed by atoms with E-state index < -0.39 is 6.10 Å². The number of methoxy groups -OCH3 is 1. The summed E-state index contributed by atoms with van der Waals surface area (Å²) in [5, 5.41) is 12.3. The SMILES string of the molecule is COCC(O)CNc1ncccc1N. The van der Waals surface area contributed by atoms with Crippen LogP contribution in [0, 0.1) is 0 Å². The van der Waals surface area contributed by atoms with E-state index in [0.29, 0.717) is 24.7 Å². The monoisotopic (exact) mass is 197 g/mol. The predicted molar refractivity (Wildman–Crippen MR) is 55.0 cm³/mol. The van der Waals surface area contributed by atoms with E-state index in [-0.39, 0.29) is 0 Å². The first-order chi connectivity index (χ1) is 6.74. The number of nitrogen functional groups attached to an aromatic ring is 1. The minimum absolute atomic E-state index is 0.291. The number of aromatic nitrogens is 1. The summed E-state index contributed by atoms with van der Waals surface area (Å²) in [6, 6.07) is 3.50. The van der Waals surface area contributed by atoms with E-state index in [0.717, 1.165) is 0 Å². The first-order valence-corrected chi connectivity index (χ1v) is 4.35. The van der Waals surface area contributed by atoms with Gasteiger partial charge >= 0.3 is 0 Å². The van der Waals surface area contributed by atoms with Crippen LogP contribution in [0.15, 0.2) is 18.3 Å². The molecule has 5 nitrogen and oxygen atoms in total. The third-order valence-corrected chi connectivity index (χ3v) is 1.70. The number of hydrogen-bond donors (Lipinski definition) is 3. The van der Waals surface area contributed by atoms with Gasteiger partial charge in [-0.05, 0) is 12.1 Å². The van der Waals surface area contributed by atoms with Crippen molar-refractivity contribution in [3.63, 3.8) is 0 Å². The number of aliphatic hydroxyl groups is 1. The number of pyridine rings is 1. The summed E-state index contributed by atoms with van der Waals surface area (Å²) in [4.78, 5) is 4.02. The predicted octanol–water partition coefficient (Wildman–Crippen LogP) is 0.0830.